The van der Waals surface area contributed by atoms with E-state index in [1.165, 1.54) is 6.42 Å². The van der Waals surface area contributed by atoms with Crippen LogP contribution < -0.4 is 21.7 Å². The van der Waals surface area contributed by atoms with Crippen LogP contribution >= 0.6 is 0 Å². The molecule has 10 heteroatoms. The van der Waals surface area contributed by atoms with Crippen LogP contribution in [0.5, 0.6) is 0 Å². The van der Waals surface area contributed by atoms with E-state index in [1.807, 2.05) is 0 Å². The summed E-state index contributed by atoms with van der Waals surface area (Å²) in [5, 5.41) is 8.47. The third-order valence-corrected chi connectivity index (χ3v) is 10.1. The van der Waals surface area contributed by atoms with Gasteiger partial charge in [-0.25, -0.2) is 0 Å². The minimum atomic E-state index is -1.11. The molecule has 39 heavy (non-hydrogen) atoms. The van der Waals surface area contributed by atoms with E-state index in [1.54, 1.807) is 4.90 Å². The summed E-state index contributed by atoms with van der Waals surface area (Å²) >= 11 is 0. The highest BCUT2D eigenvalue weighted by molar-refractivity contribution is 6.38. The molecule has 0 spiro atoms. The monoisotopic (exact) mass is 543 g/mol. The quantitative estimate of drug-likeness (QED) is 0.321. The third kappa shape index (κ3) is 6.15. The number of nitrogens with one attached hydrogen (secondary N) is 3. The van der Waals surface area contributed by atoms with E-state index < -0.39 is 41.6 Å². The summed E-state index contributed by atoms with van der Waals surface area (Å²) in [4.78, 5) is 67.9. The molecular formula is C29H45N5O5. The van der Waals surface area contributed by atoms with Crippen LogP contribution in [0.2, 0.25) is 0 Å². The Kier molecular flexibility index (Phi) is 8.89. The second kappa shape index (κ2) is 12.4. The molecule has 0 aromatic rings. The number of rotatable bonds is 9. The van der Waals surface area contributed by atoms with Crippen molar-refractivity contribution < 1.29 is 24.0 Å². The number of carbonyl (C=O) groups is 5. The molecular weight excluding hydrogens is 498 g/mol. The minimum Gasteiger partial charge on any atom is -0.356 e. The molecule has 2 aliphatic heterocycles. The number of amides is 4. The molecule has 3 aliphatic carbocycles. The summed E-state index contributed by atoms with van der Waals surface area (Å²) in [6.07, 6.45) is 12.3. The van der Waals surface area contributed by atoms with Crippen molar-refractivity contribution in [2.24, 2.45) is 29.4 Å². The van der Waals surface area contributed by atoms with Gasteiger partial charge in [0.2, 0.25) is 23.5 Å². The van der Waals surface area contributed by atoms with E-state index in [0.29, 0.717) is 19.5 Å². The first-order chi connectivity index (χ1) is 18.8. The van der Waals surface area contributed by atoms with E-state index >= 15 is 0 Å². The van der Waals surface area contributed by atoms with E-state index in [0.717, 1.165) is 70.6 Å². The van der Waals surface area contributed by atoms with Crippen molar-refractivity contribution in [2.45, 2.75) is 114 Å². The lowest BCUT2D eigenvalue weighted by atomic mass is 9.83. The molecule has 5 fully saturated rings. The normalized spacial score (nSPS) is 31.0. The lowest BCUT2D eigenvalue weighted by Crippen LogP contribution is -2.58. The second-order valence-corrected chi connectivity index (χ2v) is 12.6. The van der Waals surface area contributed by atoms with Crippen LogP contribution in [0.25, 0.3) is 0 Å². The summed E-state index contributed by atoms with van der Waals surface area (Å²) in [5.41, 5.74) is 6.50. The SMILES string of the molecule is N[C@H](C(=O)N1C[C@@H]2CCC[C@@H]2[C@H]1C(=O)N[C@@H](C[C@@H]1CCNC1=O)C(=O)C(=O)NC1CCCC1)C1CCCCC1. The summed E-state index contributed by atoms with van der Waals surface area (Å²) in [7, 11) is 0. The first-order valence-corrected chi connectivity index (χ1v) is 15.3. The zero-order valence-electron chi connectivity index (χ0n) is 23.0. The summed E-state index contributed by atoms with van der Waals surface area (Å²) in [5.74, 6) is -2.22. The Hall–Kier alpha value is -2.49. The smallest absolute Gasteiger partial charge is 0.289 e. The Morgan fingerprint density at radius 2 is 1.64 bits per heavy atom. The highest BCUT2D eigenvalue weighted by Crippen LogP contribution is 2.43. The van der Waals surface area contributed by atoms with Gasteiger partial charge in [0, 0.05) is 25.0 Å². The number of carbonyl (C=O) groups excluding carboxylic acids is 5. The van der Waals surface area contributed by atoms with Gasteiger partial charge in [-0.3, -0.25) is 24.0 Å². The highest BCUT2D eigenvalue weighted by atomic mass is 16.2. The first kappa shape index (κ1) is 28.1. The lowest BCUT2D eigenvalue weighted by molar-refractivity contribution is -0.144. The predicted octanol–water partition coefficient (Wildman–Crippen LogP) is 1.16. The predicted molar refractivity (Wildman–Crippen MR) is 144 cm³/mol. The van der Waals surface area contributed by atoms with Crippen molar-refractivity contribution in [3.05, 3.63) is 0 Å². The maximum atomic E-state index is 13.9. The molecule has 2 saturated heterocycles. The van der Waals surface area contributed by atoms with E-state index in [9.17, 15) is 24.0 Å². The van der Waals surface area contributed by atoms with Crippen LogP contribution in [0.3, 0.4) is 0 Å². The van der Waals surface area contributed by atoms with Gasteiger partial charge in [0.05, 0.1) is 12.1 Å². The number of ketones is 1. The van der Waals surface area contributed by atoms with Crippen LogP contribution in [0.1, 0.15) is 89.9 Å². The van der Waals surface area contributed by atoms with Gasteiger partial charge in [-0.2, -0.15) is 0 Å². The largest absolute Gasteiger partial charge is 0.356 e. The van der Waals surface area contributed by atoms with E-state index in [2.05, 4.69) is 16.0 Å². The van der Waals surface area contributed by atoms with Gasteiger partial charge in [0.15, 0.2) is 0 Å². The standard InChI is InChI=1S/C29H45N5O5/c30-23(17-7-2-1-3-8-17)29(39)34-16-19-9-6-12-21(19)24(34)27(37)33-22(15-18-13-14-31-26(18)36)25(35)28(38)32-20-10-4-5-11-20/h17-24H,1-16,30H2,(H,31,36)(H,32,38)(H,33,37)/t18-,19-,21-,22-,23-,24-/m0/s1. The number of hydrogen-bond acceptors (Lipinski definition) is 6. The van der Waals surface area contributed by atoms with Crippen LogP contribution in [0, 0.1) is 23.7 Å². The molecule has 0 bridgehead atoms. The Morgan fingerprint density at radius 1 is 0.923 bits per heavy atom. The summed E-state index contributed by atoms with van der Waals surface area (Å²) in [6, 6.07) is -2.48. The molecule has 0 radical (unpaired) electrons. The molecule has 6 atom stereocenters. The number of likely N-dealkylation sites (tertiary alicyclic amines) is 1. The molecule has 216 valence electrons. The van der Waals surface area contributed by atoms with Crippen molar-refractivity contribution in [3.63, 3.8) is 0 Å². The van der Waals surface area contributed by atoms with Gasteiger partial charge < -0.3 is 26.6 Å². The zero-order valence-corrected chi connectivity index (χ0v) is 23.0. The molecule has 3 saturated carbocycles. The Morgan fingerprint density at radius 3 is 2.33 bits per heavy atom. The average Bonchev–Trinajstić information content (AvgIpc) is 3.74. The maximum Gasteiger partial charge on any atom is 0.289 e. The Balaban J connectivity index is 1.32. The van der Waals surface area contributed by atoms with Crippen LogP contribution in [0.4, 0.5) is 0 Å². The fourth-order valence-corrected chi connectivity index (χ4v) is 7.88. The van der Waals surface area contributed by atoms with Gasteiger partial charge in [-0.15, -0.1) is 0 Å². The van der Waals surface area contributed by atoms with Gasteiger partial charge in [0.1, 0.15) is 6.04 Å². The van der Waals surface area contributed by atoms with Crippen LogP contribution in [-0.4, -0.2) is 71.6 Å². The highest BCUT2D eigenvalue weighted by Gasteiger charge is 2.51. The Labute approximate surface area is 230 Å². The van der Waals surface area contributed by atoms with Crippen LogP contribution in [-0.2, 0) is 24.0 Å². The number of nitrogens with zero attached hydrogens (tertiary/aromatic N) is 1. The fraction of sp³-hybridized carbons (Fsp3) is 0.828. The van der Waals surface area contributed by atoms with Gasteiger partial charge in [-0.05, 0) is 69.1 Å². The van der Waals surface area contributed by atoms with E-state index in [-0.39, 0.29) is 42.0 Å². The number of nitrogens with two attached hydrogens (primary N) is 1. The molecule has 5 aliphatic rings. The Bertz CT molecular complexity index is 960. The molecule has 10 nitrogen and oxygen atoms in total. The molecule has 0 aromatic heterocycles. The number of hydrogen-bond donors (Lipinski definition) is 4. The first-order valence-electron chi connectivity index (χ1n) is 15.3. The van der Waals surface area contributed by atoms with Crippen molar-refractivity contribution >= 4 is 29.4 Å². The summed E-state index contributed by atoms with van der Waals surface area (Å²) < 4.78 is 0. The molecule has 0 aromatic carbocycles. The average molecular weight is 544 g/mol. The molecule has 0 unspecified atom stereocenters. The third-order valence-electron chi connectivity index (χ3n) is 10.1. The molecule has 4 amide bonds. The van der Waals surface area contributed by atoms with Crippen LogP contribution in [0.15, 0.2) is 0 Å². The topological polar surface area (TPSA) is 151 Å². The fourth-order valence-electron chi connectivity index (χ4n) is 7.88. The van der Waals surface area contributed by atoms with Gasteiger partial charge >= 0.3 is 0 Å². The number of Topliss-reactive ketones (excluding diaryl/α,β-unsaturated/α-hetero) is 1. The van der Waals surface area contributed by atoms with Gasteiger partial charge in [-0.1, -0.05) is 38.5 Å². The second-order valence-electron chi connectivity index (χ2n) is 12.6. The van der Waals surface area contributed by atoms with Crippen molar-refractivity contribution in [1.29, 1.82) is 0 Å². The molecule has 5 N–H and O–H groups in total. The van der Waals surface area contributed by atoms with Crippen molar-refractivity contribution in [3.8, 4) is 0 Å². The minimum absolute atomic E-state index is 0.0188. The zero-order chi connectivity index (χ0) is 27.5. The maximum absolute atomic E-state index is 13.9. The van der Waals surface area contributed by atoms with E-state index in [4.69, 9.17) is 5.73 Å². The van der Waals surface area contributed by atoms with Crippen molar-refractivity contribution in [1.82, 2.24) is 20.9 Å². The molecule has 2 heterocycles. The number of fused-ring (bicyclic) bond motifs is 1. The van der Waals surface area contributed by atoms with Crippen molar-refractivity contribution in [2.75, 3.05) is 13.1 Å². The summed E-state index contributed by atoms with van der Waals surface area (Å²) in [6.45, 7) is 1.02. The molecule has 5 rings (SSSR count). The van der Waals surface area contributed by atoms with Gasteiger partial charge in [0.25, 0.3) is 5.91 Å². The lowest BCUT2D eigenvalue weighted by Gasteiger charge is -2.34.